The summed E-state index contributed by atoms with van der Waals surface area (Å²) in [5, 5.41) is 7.81. The molecule has 3 nitrogen and oxygen atoms in total. The first-order valence-corrected chi connectivity index (χ1v) is 7.89. The van der Waals surface area contributed by atoms with Crippen LogP contribution in [-0.4, -0.2) is 16.7 Å². The molecule has 0 bridgehead atoms. The van der Waals surface area contributed by atoms with E-state index in [4.69, 9.17) is 5.73 Å². The zero-order valence-electron chi connectivity index (χ0n) is 13.2. The molecule has 0 saturated heterocycles. The van der Waals surface area contributed by atoms with Crippen molar-refractivity contribution < 1.29 is 0 Å². The third-order valence-corrected chi connectivity index (χ3v) is 4.58. The molecule has 1 aliphatic rings. The molecule has 1 unspecified atom stereocenters. The Bertz CT molecular complexity index is 617. The van der Waals surface area contributed by atoms with E-state index in [0.29, 0.717) is 12.5 Å². The molecule has 0 radical (unpaired) electrons. The topological polar surface area (TPSA) is 54.7 Å². The predicted molar refractivity (Wildman–Crippen MR) is 87.5 cm³/mol. The fraction of sp³-hybridized carbons (Fsp3) is 0.500. The summed E-state index contributed by atoms with van der Waals surface area (Å²) in [6.45, 7) is 7.42. The fourth-order valence-corrected chi connectivity index (χ4v) is 3.27. The van der Waals surface area contributed by atoms with Gasteiger partial charge in [0.1, 0.15) is 0 Å². The highest BCUT2D eigenvalue weighted by Crippen LogP contribution is 2.37. The highest BCUT2D eigenvalue weighted by atomic mass is 15.1. The Morgan fingerprint density at radius 3 is 2.57 bits per heavy atom. The summed E-state index contributed by atoms with van der Waals surface area (Å²) in [6.07, 6.45) is 3.48. The van der Waals surface area contributed by atoms with Crippen LogP contribution in [0.3, 0.4) is 0 Å². The van der Waals surface area contributed by atoms with E-state index in [1.54, 1.807) is 0 Å². The van der Waals surface area contributed by atoms with Crippen molar-refractivity contribution in [1.82, 2.24) is 10.2 Å². The number of hydrogen-bond acceptors (Lipinski definition) is 2. The molecule has 3 rings (SSSR count). The summed E-state index contributed by atoms with van der Waals surface area (Å²) in [6, 6.07) is 8.83. The van der Waals surface area contributed by atoms with Gasteiger partial charge in [0.25, 0.3) is 0 Å². The lowest BCUT2D eigenvalue weighted by atomic mass is 9.83. The van der Waals surface area contributed by atoms with Gasteiger partial charge >= 0.3 is 0 Å². The first kappa shape index (κ1) is 14.3. The van der Waals surface area contributed by atoms with Crippen molar-refractivity contribution in [3.05, 3.63) is 41.1 Å². The number of fused-ring (bicyclic) bond motifs is 1. The van der Waals surface area contributed by atoms with Crippen LogP contribution in [-0.2, 0) is 11.8 Å². The Morgan fingerprint density at radius 2 is 1.95 bits per heavy atom. The van der Waals surface area contributed by atoms with E-state index < -0.39 is 0 Å². The van der Waals surface area contributed by atoms with Gasteiger partial charge in [0.15, 0.2) is 0 Å². The van der Waals surface area contributed by atoms with E-state index in [1.165, 1.54) is 35.2 Å². The Hall–Kier alpha value is -1.61. The first-order chi connectivity index (χ1) is 10.0. The van der Waals surface area contributed by atoms with Crippen LogP contribution in [0.4, 0.5) is 0 Å². The van der Waals surface area contributed by atoms with E-state index in [9.17, 15) is 0 Å². The van der Waals surface area contributed by atoms with Crippen LogP contribution >= 0.6 is 0 Å². The molecule has 3 N–H and O–H groups in total. The average Bonchev–Trinajstić information content (AvgIpc) is 2.90. The minimum absolute atomic E-state index is 0.184. The second-order valence-electron chi connectivity index (χ2n) is 7.12. The molecule has 1 aromatic heterocycles. The standard InChI is InChI=1S/C18H25N3/c1-18(2,3)14-9-7-12(8-10-14)17-16-13(11-19)5-4-6-15(16)20-21-17/h7-10,13H,4-6,11,19H2,1-3H3,(H,20,21). The van der Waals surface area contributed by atoms with Gasteiger partial charge in [-0.2, -0.15) is 5.10 Å². The number of aromatic nitrogens is 2. The van der Waals surface area contributed by atoms with Gasteiger partial charge in [-0.15, -0.1) is 0 Å². The third-order valence-electron chi connectivity index (χ3n) is 4.58. The summed E-state index contributed by atoms with van der Waals surface area (Å²) in [4.78, 5) is 0. The maximum Gasteiger partial charge on any atom is 0.0958 e. The lowest BCUT2D eigenvalue weighted by molar-refractivity contribution is 0.558. The summed E-state index contributed by atoms with van der Waals surface area (Å²) in [5.41, 5.74) is 12.4. The summed E-state index contributed by atoms with van der Waals surface area (Å²) in [7, 11) is 0. The van der Waals surface area contributed by atoms with Crippen LogP contribution < -0.4 is 5.73 Å². The van der Waals surface area contributed by atoms with Gasteiger partial charge in [-0.3, -0.25) is 5.10 Å². The molecule has 0 saturated carbocycles. The number of benzene rings is 1. The second kappa shape index (κ2) is 5.30. The number of nitrogens with zero attached hydrogens (tertiary/aromatic N) is 1. The molecule has 0 spiro atoms. The lowest BCUT2D eigenvalue weighted by Crippen LogP contribution is -2.18. The number of hydrogen-bond donors (Lipinski definition) is 2. The molecule has 0 aliphatic heterocycles. The predicted octanol–water partition coefficient (Wildman–Crippen LogP) is 3.75. The highest BCUT2D eigenvalue weighted by Gasteiger charge is 2.26. The Labute approximate surface area is 127 Å². The third kappa shape index (κ3) is 2.62. The van der Waals surface area contributed by atoms with Gasteiger partial charge in [-0.05, 0) is 36.8 Å². The molecular formula is C18H25N3. The van der Waals surface area contributed by atoms with Crippen molar-refractivity contribution in [1.29, 1.82) is 0 Å². The Kier molecular flexibility index (Phi) is 3.62. The molecule has 0 fully saturated rings. The molecule has 2 aromatic rings. The van der Waals surface area contributed by atoms with Crippen molar-refractivity contribution in [2.24, 2.45) is 5.73 Å². The van der Waals surface area contributed by atoms with Crippen LogP contribution in [0.2, 0.25) is 0 Å². The SMILES string of the molecule is CC(C)(C)c1ccc(-c2n[nH]c3c2C(CN)CCC3)cc1. The largest absolute Gasteiger partial charge is 0.330 e. The van der Waals surface area contributed by atoms with Gasteiger partial charge in [-0.1, -0.05) is 45.0 Å². The van der Waals surface area contributed by atoms with Gasteiger partial charge < -0.3 is 5.73 Å². The maximum absolute atomic E-state index is 5.96. The summed E-state index contributed by atoms with van der Waals surface area (Å²) >= 11 is 0. The highest BCUT2D eigenvalue weighted by molar-refractivity contribution is 5.66. The van der Waals surface area contributed by atoms with Crippen LogP contribution in [0.25, 0.3) is 11.3 Å². The van der Waals surface area contributed by atoms with E-state index in [2.05, 4.69) is 55.2 Å². The smallest absolute Gasteiger partial charge is 0.0958 e. The number of H-pyrrole nitrogens is 1. The summed E-state index contributed by atoms with van der Waals surface area (Å²) in [5.74, 6) is 0.449. The number of nitrogens with one attached hydrogen (secondary N) is 1. The number of aromatic amines is 1. The van der Waals surface area contributed by atoms with E-state index >= 15 is 0 Å². The van der Waals surface area contributed by atoms with Crippen LogP contribution in [0.15, 0.2) is 24.3 Å². The Morgan fingerprint density at radius 1 is 1.24 bits per heavy atom. The molecule has 1 aromatic carbocycles. The van der Waals surface area contributed by atoms with Gasteiger partial charge in [0.2, 0.25) is 0 Å². The van der Waals surface area contributed by atoms with Crippen LogP contribution in [0, 0.1) is 0 Å². The van der Waals surface area contributed by atoms with E-state index in [0.717, 1.165) is 12.1 Å². The second-order valence-corrected chi connectivity index (χ2v) is 7.12. The van der Waals surface area contributed by atoms with Crippen molar-refractivity contribution in [3.8, 4) is 11.3 Å². The molecule has 0 amide bonds. The van der Waals surface area contributed by atoms with Gasteiger partial charge in [-0.25, -0.2) is 0 Å². The minimum Gasteiger partial charge on any atom is -0.330 e. The molecule has 1 heterocycles. The van der Waals surface area contributed by atoms with E-state index in [1.807, 2.05) is 0 Å². The molecule has 3 heteroatoms. The Balaban J connectivity index is 2.00. The molecule has 1 aliphatic carbocycles. The summed E-state index contributed by atoms with van der Waals surface area (Å²) < 4.78 is 0. The lowest BCUT2D eigenvalue weighted by Gasteiger charge is -2.22. The number of aryl methyl sites for hydroxylation is 1. The minimum atomic E-state index is 0.184. The van der Waals surface area contributed by atoms with E-state index in [-0.39, 0.29) is 5.41 Å². The molecule has 1 atom stereocenters. The van der Waals surface area contributed by atoms with Crippen molar-refractivity contribution >= 4 is 0 Å². The van der Waals surface area contributed by atoms with Crippen molar-refractivity contribution in [2.45, 2.75) is 51.4 Å². The van der Waals surface area contributed by atoms with Gasteiger partial charge in [0.05, 0.1) is 5.69 Å². The van der Waals surface area contributed by atoms with Crippen molar-refractivity contribution in [2.75, 3.05) is 6.54 Å². The zero-order chi connectivity index (χ0) is 15.0. The normalized spacial score (nSPS) is 18.6. The van der Waals surface area contributed by atoms with Crippen LogP contribution in [0.5, 0.6) is 0 Å². The number of rotatable bonds is 2. The zero-order valence-corrected chi connectivity index (χ0v) is 13.2. The monoisotopic (exact) mass is 283 g/mol. The average molecular weight is 283 g/mol. The van der Waals surface area contributed by atoms with Crippen molar-refractivity contribution in [3.63, 3.8) is 0 Å². The molecular weight excluding hydrogens is 258 g/mol. The quantitative estimate of drug-likeness (QED) is 0.882. The van der Waals surface area contributed by atoms with Crippen LogP contribution in [0.1, 0.15) is 56.4 Å². The number of nitrogens with two attached hydrogens (primary N) is 1. The molecule has 21 heavy (non-hydrogen) atoms. The maximum atomic E-state index is 5.96. The van der Waals surface area contributed by atoms with Gasteiger partial charge in [0, 0.05) is 22.7 Å². The fourth-order valence-electron chi connectivity index (χ4n) is 3.27. The molecule has 112 valence electrons. The first-order valence-electron chi connectivity index (χ1n) is 7.89.